The summed E-state index contributed by atoms with van der Waals surface area (Å²) in [6.45, 7) is 6.30. The molecule has 0 atom stereocenters. The highest BCUT2D eigenvalue weighted by Gasteiger charge is 2.33. The standard InChI is InChI=1S/C21H19IN2O3/c1-3-10-27-19-9-8-16(11-17(19)22)12-18-20(25)24(21(26)23-18)13-15-6-4-14(2)5-7-15/h3-9,11-12H,1,10,13H2,2H3,(H,23,26)/b18-12+. The van der Waals surface area contributed by atoms with Crippen LogP contribution in [0.4, 0.5) is 4.79 Å². The SMILES string of the molecule is C=CCOc1ccc(/C=C2/NC(=O)N(Cc3ccc(C)cc3)C2=O)cc1I. The van der Waals surface area contributed by atoms with Gasteiger partial charge in [-0.25, -0.2) is 4.79 Å². The molecule has 1 aliphatic rings. The van der Waals surface area contributed by atoms with Crippen LogP contribution in [-0.2, 0) is 11.3 Å². The molecule has 5 nitrogen and oxygen atoms in total. The van der Waals surface area contributed by atoms with Crippen LogP contribution in [0.1, 0.15) is 16.7 Å². The predicted molar refractivity (Wildman–Crippen MR) is 113 cm³/mol. The molecule has 6 heteroatoms. The van der Waals surface area contributed by atoms with Crippen molar-refractivity contribution in [1.29, 1.82) is 0 Å². The Labute approximate surface area is 171 Å². The third kappa shape index (κ3) is 4.57. The van der Waals surface area contributed by atoms with E-state index in [0.717, 1.165) is 26.0 Å². The molecule has 1 fully saturated rings. The molecule has 0 aliphatic carbocycles. The molecule has 1 N–H and O–H groups in total. The zero-order chi connectivity index (χ0) is 19.4. The fourth-order valence-electron chi connectivity index (χ4n) is 2.63. The van der Waals surface area contributed by atoms with Gasteiger partial charge in [0.2, 0.25) is 0 Å². The molecule has 138 valence electrons. The van der Waals surface area contributed by atoms with Gasteiger partial charge in [0, 0.05) is 0 Å². The highest BCUT2D eigenvalue weighted by atomic mass is 127. The molecule has 0 unspecified atom stereocenters. The Kier molecular flexibility index (Phi) is 5.95. The summed E-state index contributed by atoms with van der Waals surface area (Å²) < 4.78 is 6.46. The van der Waals surface area contributed by atoms with E-state index in [1.54, 1.807) is 12.2 Å². The number of ether oxygens (including phenoxy) is 1. The minimum atomic E-state index is -0.410. The van der Waals surface area contributed by atoms with Crippen LogP contribution >= 0.6 is 22.6 Å². The van der Waals surface area contributed by atoms with Crippen LogP contribution < -0.4 is 10.1 Å². The molecule has 0 spiro atoms. The van der Waals surface area contributed by atoms with E-state index in [9.17, 15) is 9.59 Å². The highest BCUT2D eigenvalue weighted by Crippen LogP contribution is 2.24. The summed E-state index contributed by atoms with van der Waals surface area (Å²) in [6, 6.07) is 12.9. The Hall–Kier alpha value is -2.61. The lowest BCUT2D eigenvalue weighted by atomic mass is 10.1. The second-order valence-electron chi connectivity index (χ2n) is 6.15. The Morgan fingerprint density at radius 3 is 2.59 bits per heavy atom. The van der Waals surface area contributed by atoms with Gasteiger partial charge in [0.15, 0.2) is 0 Å². The Balaban J connectivity index is 1.76. The first-order valence-corrected chi connectivity index (χ1v) is 9.49. The molecule has 2 aromatic rings. The molecule has 0 saturated carbocycles. The minimum absolute atomic E-state index is 0.244. The maximum atomic E-state index is 12.6. The number of hydrogen-bond acceptors (Lipinski definition) is 3. The number of rotatable bonds is 6. The lowest BCUT2D eigenvalue weighted by Gasteiger charge is -2.11. The fraction of sp³-hybridized carbons (Fsp3) is 0.143. The molecule has 0 radical (unpaired) electrons. The van der Waals surface area contributed by atoms with E-state index in [1.165, 1.54) is 4.90 Å². The molecular formula is C21H19IN2O3. The second-order valence-corrected chi connectivity index (χ2v) is 7.32. The van der Waals surface area contributed by atoms with Crippen molar-refractivity contribution in [3.8, 4) is 5.75 Å². The number of hydrogen-bond donors (Lipinski definition) is 1. The molecule has 3 rings (SSSR count). The number of halogens is 1. The normalized spacial score (nSPS) is 15.2. The lowest BCUT2D eigenvalue weighted by molar-refractivity contribution is -0.123. The van der Waals surface area contributed by atoms with Crippen LogP contribution in [0.25, 0.3) is 6.08 Å². The summed E-state index contributed by atoms with van der Waals surface area (Å²) in [5, 5.41) is 2.65. The zero-order valence-corrected chi connectivity index (χ0v) is 17.0. The van der Waals surface area contributed by atoms with Crippen molar-refractivity contribution in [3.63, 3.8) is 0 Å². The van der Waals surface area contributed by atoms with E-state index >= 15 is 0 Å². The van der Waals surface area contributed by atoms with Crippen molar-refractivity contribution in [3.05, 3.63) is 81.1 Å². The van der Waals surface area contributed by atoms with Gasteiger partial charge in [0.05, 0.1) is 10.1 Å². The molecular weight excluding hydrogens is 455 g/mol. The van der Waals surface area contributed by atoms with Gasteiger partial charge in [0.25, 0.3) is 5.91 Å². The number of carbonyl (C=O) groups is 2. The molecule has 2 aromatic carbocycles. The van der Waals surface area contributed by atoms with Gasteiger partial charge in [-0.2, -0.15) is 0 Å². The van der Waals surface area contributed by atoms with Gasteiger partial charge in [-0.05, 0) is 58.9 Å². The van der Waals surface area contributed by atoms with Crippen molar-refractivity contribution < 1.29 is 14.3 Å². The third-order valence-corrected chi connectivity index (χ3v) is 4.89. The molecule has 0 bridgehead atoms. The van der Waals surface area contributed by atoms with E-state index < -0.39 is 6.03 Å². The first-order chi connectivity index (χ1) is 13.0. The van der Waals surface area contributed by atoms with Gasteiger partial charge in [-0.3, -0.25) is 9.69 Å². The number of imide groups is 1. The molecule has 1 saturated heterocycles. The average Bonchev–Trinajstić information content (AvgIpc) is 2.90. The summed E-state index contributed by atoms with van der Waals surface area (Å²) in [5.41, 5.74) is 3.11. The summed E-state index contributed by atoms with van der Waals surface area (Å²) in [7, 11) is 0. The van der Waals surface area contributed by atoms with E-state index in [1.807, 2.05) is 49.4 Å². The molecule has 1 aliphatic heterocycles. The first-order valence-electron chi connectivity index (χ1n) is 8.41. The molecule has 3 amide bonds. The maximum Gasteiger partial charge on any atom is 0.329 e. The maximum absolute atomic E-state index is 12.6. The smallest absolute Gasteiger partial charge is 0.329 e. The number of carbonyl (C=O) groups excluding carboxylic acids is 2. The van der Waals surface area contributed by atoms with E-state index in [0.29, 0.717) is 6.61 Å². The molecule has 1 heterocycles. The fourth-order valence-corrected chi connectivity index (χ4v) is 3.33. The summed E-state index contributed by atoms with van der Waals surface area (Å²) in [6.07, 6.45) is 3.36. The van der Waals surface area contributed by atoms with E-state index in [2.05, 4.69) is 34.5 Å². The minimum Gasteiger partial charge on any atom is -0.488 e. The third-order valence-electron chi connectivity index (χ3n) is 4.05. The summed E-state index contributed by atoms with van der Waals surface area (Å²) in [4.78, 5) is 26.1. The van der Waals surface area contributed by atoms with Crippen LogP contribution in [0.15, 0.2) is 60.8 Å². The number of urea groups is 1. The monoisotopic (exact) mass is 474 g/mol. The van der Waals surface area contributed by atoms with Crippen molar-refractivity contribution in [2.24, 2.45) is 0 Å². The van der Waals surface area contributed by atoms with Gasteiger partial charge < -0.3 is 10.1 Å². The van der Waals surface area contributed by atoms with Crippen LogP contribution in [0, 0.1) is 10.5 Å². The van der Waals surface area contributed by atoms with Crippen LogP contribution in [-0.4, -0.2) is 23.4 Å². The van der Waals surface area contributed by atoms with E-state index in [4.69, 9.17) is 4.74 Å². The lowest BCUT2D eigenvalue weighted by Crippen LogP contribution is -2.30. The summed E-state index contributed by atoms with van der Waals surface area (Å²) in [5.74, 6) is 0.419. The largest absolute Gasteiger partial charge is 0.488 e. The van der Waals surface area contributed by atoms with Crippen molar-refractivity contribution in [2.75, 3.05) is 6.61 Å². The quantitative estimate of drug-likeness (QED) is 0.295. The van der Waals surface area contributed by atoms with Crippen LogP contribution in [0.2, 0.25) is 0 Å². The van der Waals surface area contributed by atoms with Crippen molar-refractivity contribution in [1.82, 2.24) is 10.2 Å². The van der Waals surface area contributed by atoms with Gasteiger partial charge in [-0.15, -0.1) is 0 Å². The number of nitrogens with zero attached hydrogens (tertiary/aromatic N) is 1. The number of benzene rings is 2. The zero-order valence-electron chi connectivity index (χ0n) is 14.9. The topological polar surface area (TPSA) is 58.6 Å². The Morgan fingerprint density at radius 2 is 1.93 bits per heavy atom. The molecule has 0 aromatic heterocycles. The Morgan fingerprint density at radius 1 is 1.19 bits per heavy atom. The Bertz CT molecular complexity index is 920. The summed E-state index contributed by atoms with van der Waals surface area (Å²) >= 11 is 2.17. The van der Waals surface area contributed by atoms with Crippen molar-refractivity contribution >= 4 is 40.6 Å². The van der Waals surface area contributed by atoms with Crippen molar-refractivity contribution in [2.45, 2.75) is 13.5 Å². The van der Waals surface area contributed by atoms with Gasteiger partial charge in [0.1, 0.15) is 18.1 Å². The highest BCUT2D eigenvalue weighted by molar-refractivity contribution is 14.1. The second kappa shape index (κ2) is 8.39. The van der Waals surface area contributed by atoms with E-state index in [-0.39, 0.29) is 18.1 Å². The number of amides is 3. The number of nitrogens with one attached hydrogen (secondary N) is 1. The number of aryl methyl sites for hydroxylation is 1. The predicted octanol–water partition coefficient (Wildman–Crippen LogP) is 4.26. The average molecular weight is 474 g/mol. The van der Waals surface area contributed by atoms with Crippen LogP contribution in [0.3, 0.4) is 0 Å². The van der Waals surface area contributed by atoms with Crippen LogP contribution in [0.5, 0.6) is 5.75 Å². The molecule has 27 heavy (non-hydrogen) atoms. The van der Waals surface area contributed by atoms with Gasteiger partial charge in [-0.1, -0.05) is 48.6 Å². The first kappa shape index (κ1) is 19.2. The van der Waals surface area contributed by atoms with Gasteiger partial charge >= 0.3 is 6.03 Å².